The maximum Gasteiger partial charge on any atom is 0.122 e. The van der Waals surface area contributed by atoms with Gasteiger partial charge in [-0.05, 0) is 47.5 Å². The Hall–Kier alpha value is -1.64. The molecule has 0 fully saturated rings. The van der Waals surface area contributed by atoms with Crippen LogP contribution in [0.2, 0.25) is 0 Å². The number of aliphatic hydroxyl groups excluding tert-OH is 1. The van der Waals surface area contributed by atoms with Crippen molar-refractivity contribution in [1.29, 1.82) is 5.26 Å². The highest BCUT2D eigenvalue weighted by molar-refractivity contribution is 9.10. The van der Waals surface area contributed by atoms with Crippen LogP contribution in [-0.2, 0) is 0 Å². The molecule has 0 amide bonds. The van der Waals surface area contributed by atoms with Gasteiger partial charge in [0, 0.05) is 6.04 Å². The summed E-state index contributed by atoms with van der Waals surface area (Å²) < 4.78 is 2.53. The third-order valence-corrected chi connectivity index (χ3v) is 3.48. The number of hydrogen-bond acceptors (Lipinski definition) is 3. The molecule has 0 radical (unpaired) electrons. The minimum absolute atomic E-state index is 0.148. The van der Waals surface area contributed by atoms with Gasteiger partial charge in [-0.2, -0.15) is 10.4 Å². The van der Waals surface area contributed by atoms with Crippen LogP contribution < -0.4 is 0 Å². The number of benzene rings is 1. The van der Waals surface area contributed by atoms with E-state index in [0.717, 1.165) is 4.47 Å². The molecule has 4 nitrogen and oxygen atoms in total. The van der Waals surface area contributed by atoms with E-state index < -0.39 is 6.10 Å². The molecule has 2 rings (SSSR count). The summed E-state index contributed by atoms with van der Waals surface area (Å²) in [6, 6.07) is 9.19. The van der Waals surface area contributed by atoms with Gasteiger partial charge in [0.2, 0.25) is 0 Å². The molecule has 0 aliphatic heterocycles. The van der Waals surface area contributed by atoms with E-state index in [2.05, 4.69) is 27.1 Å². The Labute approximate surface area is 120 Å². The molecule has 1 aromatic carbocycles. The molecule has 1 atom stereocenters. The Morgan fingerprint density at radius 2 is 2.16 bits per heavy atom. The lowest BCUT2D eigenvalue weighted by molar-refractivity contribution is 0.204. The van der Waals surface area contributed by atoms with Gasteiger partial charge in [-0.3, -0.25) is 4.68 Å². The van der Waals surface area contributed by atoms with Crippen molar-refractivity contribution in [2.45, 2.75) is 26.0 Å². The minimum Gasteiger partial charge on any atom is -0.382 e. The first-order valence-electron chi connectivity index (χ1n) is 5.95. The number of nitrogens with zero attached hydrogens (tertiary/aromatic N) is 3. The molecule has 2 aromatic rings. The molecule has 98 valence electrons. The van der Waals surface area contributed by atoms with E-state index >= 15 is 0 Å². The highest BCUT2D eigenvalue weighted by Gasteiger charge is 2.21. The largest absolute Gasteiger partial charge is 0.382 e. The SMILES string of the molecule is CC(C)n1ncc(Br)c1C(O)c1cccc(C#N)c1. The molecular formula is C14H14BrN3O. The Bertz CT molecular complexity index is 628. The highest BCUT2D eigenvalue weighted by atomic mass is 79.9. The first-order valence-corrected chi connectivity index (χ1v) is 6.75. The fourth-order valence-electron chi connectivity index (χ4n) is 1.95. The molecule has 0 spiro atoms. The molecule has 1 heterocycles. The summed E-state index contributed by atoms with van der Waals surface area (Å²) in [6.07, 6.45) is 0.861. The standard InChI is InChI=1S/C14H14BrN3O/c1-9(2)18-13(12(15)8-17-18)14(19)11-5-3-4-10(6-11)7-16/h3-6,8-9,14,19H,1-2H3. The van der Waals surface area contributed by atoms with Gasteiger partial charge in [-0.1, -0.05) is 12.1 Å². The summed E-state index contributed by atoms with van der Waals surface area (Å²) in [5.74, 6) is 0. The van der Waals surface area contributed by atoms with Gasteiger partial charge in [0.15, 0.2) is 0 Å². The number of halogens is 1. The lowest BCUT2D eigenvalue weighted by Crippen LogP contribution is -2.12. The average Bonchev–Trinajstić information content (AvgIpc) is 2.80. The van der Waals surface area contributed by atoms with Gasteiger partial charge in [-0.25, -0.2) is 0 Å². The molecule has 1 unspecified atom stereocenters. The van der Waals surface area contributed by atoms with Gasteiger partial charge >= 0.3 is 0 Å². The monoisotopic (exact) mass is 319 g/mol. The second-order valence-electron chi connectivity index (χ2n) is 4.56. The fraction of sp³-hybridized carbons (Fsp3) is 0.286. The number of rotatable bonds is 3. The molecule has 19 heavy (non-hydrogen) atoms. The predicted molar refractivity (Wildman–Crippen MR) is 75.5 cm³/mol. The molecule has 1 aromatic heterocycles. The van der Waals surface area contributed by atoms with Crippen molar-refractivity contribution in [1.82, 2.24) is 9.78 Å². The second-order valence-corrected chi connectivity index (χ2v) is 5.41. The molecule has 0 bridgehead atoms. The Morgan fingerprint density at radius 3 is 2.79 bits per heavy atom. The summed E-state index contributed by atoms with van der Waals surface area (Å²) in [4.78, 5) is 0. The maximum absolute atomic E-state index is 10.5. The van der Waals surface area contributed by atoms with E-state index in [9.17, 15) is 5.11 Å². The van der Waals surface area contributed by atoms with E-state index in [1.165, 1.54) is 0 Å². The first-order chi connectivity index (χ1) is 9.04. The summed E-state index contributed by atoms with van der Waals surface area (Å²) in [6.45, 7) is 4.00. The summed E-state index contributed by atoms with van der Waals surface area (Å²) in [5, 5.41) is 23.7. The van der Waals surface area contributed by atoms with Crippen LogP contribution in [0.25, 0.3) is 0 Å². The topological polar surface area (TPSA) is 61.8 Å². The number of aromatic nitrogens is 2. The van der Waals surface area contributed by atoms with Gasteiger partial charge in [0.25, 0.3) is 0 Å². The smallest absolute Gasteiger partial charge is 0.122 e. The maximum atomic E-state index is 10.5. The first kappa shape index (κ1) is 13.8. The van der Waals surface area contributed by atoms with Gasteiger partial charge in [-0.15, -0.1) is 0 Å². The number of aliphatic hydroxyl groups is 1. The summed E-state index contributed by atoms with van der Waals surface area (Å²) >= 11 is 3.41. The van der Waals surface area contributed by atoms with Gasteiger partial charge in [0.05, 0.1) is 28.0 Å². The second kappa shape index (κ2) is 5.55. The van der Waals surface area contributed by atoms with Crippen LogP contribution in [0.15, 0.2) is 34.9 Å². The van der Waals surface area contributed by atoms with E-state index in [1.807, 2.05) is 13.8 Å². The van der Waals surface area contributed by atoms with Crippen LogP contribution in [0, 0.1) is 11.3 Å². The quantitative estimate of drug-likeness (QED) is 0.945. The normalized spacial score (nSPS) is 12.4. The molecule has 0 saturated carbocycles. The molecule has 0 saturated heterocycles. The van der Waals surface area contributed by atoms with Crippen LogP contribution in [0.1, 0.15) is 42.8 Å². The minimum atomic E-state index is -0.812. The van der Waals surface area contributed by atoms with Crippen molar-refractivity contribution < 1.29 is 5.11 Å². The third-order valence-electron chi connectivity index (χ3n) is 2.87. The van der Waals surface area contributed by atoms with Crippen molar-refractivity contribution in [3.8, 4) is 6.07 Å². The number of nitriles is 1. The molecule has 1 N–H and O–H groups in total. The van der Waals surface area contributed by atoms with Crippen molar-refractivity contribution >= 4 is 15.9 Å². The lowest BCUT2D eigenvalue weighted by Gasteiger charge is -2.17. The Balaban J connectivity index is 2.47. The summed E-state index contributed by atoms with van der Waals surface area (Å²) in [7, 11) is 0. The zero-order chi connectivity index (χ0) is 14.0. The molecular weight excluding hydrogens is 306 g/mol. The average molecular weight is 320 g/mol. The Kier molecular flexibility index (Phi) is 4.03. The zero-order valence-electron chi connectivity index (χ0n) is 10.7. The van der Waals surface area contributed by atoms with Crippen molar-refractivity contribution in [2.24, 2.45) is 0 Å². The number of hydrogen-bond donors (Lipinski definition) is 1. The van der Waals surface area contributed by atoms with Crippen LogP contribution >= 0.6 is 15.9 Å². The summed E-state index contributed by atoms with van der Waals surface area (Å²) in [5.41, 5.74) is 1.91. The van der Waals surface area contributed by atoms with Gasteiger partial charge in [0.1, 0.15) is 6.10 Å². The van der Waals surface area contributed by atoms with Crippen LogP contribution in [0.5, 0.6) is 0 Å². The third kappa shape index (κ3) is 2.70. The molecule has 0 aliphatic carbocycles. The van der Waals surface area contributed by atoms with E-state index in [1.54, 1.807) is 35.1 Å². The van der Waals surface area contributed by atoms with Crippen LogP contribution in [0.4, 0.5) is 0 Å². The van der Waals surface area contributed by atoms with Crippen molar-refractivity contribution in [3.05, 3.63) is 51.8 Å². The molecule has 0 aliphatic rings. The van der Waals surface area contributed by atoms with Crippen LogP contribution in [0.3, 0.4) is 0 Å². The van der Waals surface area contributed by atoms with Crippen LogP contribution in [-0.4, -0.2) is 14.9 Å². The van der Waals surface area contributed by atoms with Gasteiger partial charge < -0.3 is 5.11 Å². The lowest BCUT2D eigenvalue weighted by atomic mass is 10.0. The van der Waals surface area contributed by atoms with E-state index in [0.29, 0.717) is 16.8 Å². The van der Waals surface area contributed by atoms with E-state index in [-0.39, 0.29) is 6.04 Å². The predicted octanol–water partition coefficient (Wildman–Crippen LogP) is 3.18. The van der Waals surface area contributed by atoms with E-state index in [4.69, 9.17) is 5.26 Å². The van der Waals surface area contributed by atoms with Crippen molar-refractivity contribution in [3.63, 3.8) is 0 Å². The Morgan fingerprint density at radius 1 is 1.42 bits per heavy atom. The zero-order valence-corrected chi connectivity index (χ0v) is 12.3. The highest BCUT2D eigenvalue weighted by Crippen LogP contribution is 2.30. The fourth-order valence-corrected chi connectivity index (χ4v) is 2.44. The molecule has 5 heteroatoms. The van der Waals surface area contributed by atoms with Crippen molar-refractivity contribution in [2.75, 3.05) is 0 Å².